The molecule has 1 aliphatic heterocycles. The fourth-order valence-electron chi connectivity index (χ4n) is 4.01. The van der Waals surface area contributed by atoms with Crippen molar-refractivity contribution < 1.29 is 4.79 Å². The molecule has 1 atom stereocenters. The first-order valence-electron chi connectivity index (χ1n) is 10.0. The number of fused-ring (bicyclic) bond motifs is 2. The second-order valence-electron chi connectivity index (χ2n) is 7.57. The number of hydrogen-bond donors (Lipinski definition) is 2. The molecule has 2 aromatic heterocycles. The number of H-pyrrole nitrogens is 1. The van der Waals surface area contributed by atoms with E-state index in [9.17, 15) is 9.59 Å². The lowest BCUT2D eigenvalue weighted by atomic mass is 9.93. The zero-order chi connectivity index (χ0) is 20.5. The molecule has 0 saturated carbocycles. The van der Waals surface area contributed by atoms with Crippen LogP contribution in [0.4, 0.5) is 0 Å². The van der Waals surface area contributed by atoms with Gasteiger partial charge in [0.15, 0.2) is 0 Å². The molecule has 0 aliphatic carbocycles. The van der Waals surface area contributed by atoms with E-state index in [4.69, 9.17) is 0 Å². The van der Waals surface area contributed by atoms with E-state index in [1.54, 1.807) is 11.3 Å². The number of aromatic nitrogens is 2. The molecule has 0 spiro atoms. The van der Waals surface area contributed by atoms with E-state index in [1.165, 1.54) is 11.1 Å². The predicted octanol–water partition coefficient (Wildman–Crippen LogP) is 2.71. The summed E-state index contributed by atoms with van der Waals surface area (Å²) in [5.41, 5.74) is 3.45. The summed E-state index contributed by atoms with van der Waals surface area (Å²) in [5.74, 6) is 0.651. The average molecular weight is 411 g/mol. The summed E-state index contributed by atoms with van der Waals surface area (Å²) in [7, 11) is 0. The number of benzene rings is 1. The first-order valence-corrected chi connectivity index (χ1v) is 10.9. The number of carbonyl (C=O) groups is 1. The Labute approximate surface area is 174 Å². The van der Waals surface area contributed by atoms with Crippen molar-refractivity contribution in [3.8, 4) is 0 Å². The third kappa shape index (κ3) is 3.84. The average Bonchev–Trinajstić information content (AvgIpc) is 3.00. The van der Waals surface area contributed by atoms with Crippen LogP contribution >= 0.6 is 11.3 Å². The zero-order valence-electron chi connectivity index (χ0n) is 17.0. The quantitative estimate of drug-likeness (QED) is 0.678. The Morgan fingerprint density at radius 2 is 2.07 bits per heavy atom. The third-order valence-electron chi connectivity index (χ3n) is 5.80. The van der Waals surface area contributed by atoms with E-state index in [0.29, 0.717) is 24.2 Å². The maximum absolute atomic E-state index is 12.9. The first-order chi connectivity index (χ1) is 14.0. The minimum Gasteiger partial charge on any atom is -0.354 e. The minimum absolute atomic E-state index is 0.0348. The van der Waals surface area contributed by atoms with E-state index in [-0.39, 0.29) is 17.5 Å². The smallest absolute Gasteiger partial charge is 0.259 e. The number of aromatic amines is 1. The van der Waals surface area contributed by atoms with E-state index in [1.807, 2.05) is 26.0 Å². The summed E-state index contributed by atoms with van der Waals surface area (Å²) in [6, 6.07) is 8.16. The number of thiophene rings is 1. The van der Waals surface area contributed by atoms with Gasteiger partial charge in [-0.1, -0.05) is 31.2 Å². The van der Waals surface area contributed by atoms with Gasteiger partial charge in [-0.05, 0) is 43.5 Å². The maximum Gasteiger partial charge on any atom is 0.259 e. The molecule has 1 amide bonds. The van der Waals surface area contributed by atoms with Crippen LogP contribution in [0.25, 0.3) is 10.2 Å². The highest BCUT2D eigenvalue weighted by Crippen LogP contribution is 2.26. The maximum atomic E-state index is 12.9. The van der Waals surface area contributed by atoms with Gasteiger partial charge in [-0.2, -0.15) is 0 Å². The highest BCUT2D eigenvalue weighted by atomic mass is 32.1. The molecule has 1 unspecified atom stereocenters. The van der Waals surface area contributed by atoms with Crippen LogP contribution in [-0.2, 0) is 24.2 Å². The second-order valence-corrected chi connectivity index (χ2v) is 8.77. The fourth-order valence-corrected chi connectivity index (χ4v) is 5.06. The van der Waals surface area contributed by atoms with Gasteiger partial charge in [-0.3, -0.25) is 14.5 Å². The van der Waals surface area contributed by atoms with Crippen molar-refractivity contribution in [2.75, 3.05) is 13.1 Å². The number of nitrogens with zero attached hydrogens (tertiary/aromatic N) is 2. The van der Waals surface area contributed by atoms with Crippen LogP contribution in [0.1, 0.15) is 34.3 Å². The van der Waals surface area contributed by atoms with E-state index in [0.717, 1.165) is 34.8 Å². The Hall–Kier alpha value is -2.51. The SMILES string of the molecule is CCN1Cc2ccccc2CC1C(=O)NCCc1nc2sc(C)c(C)c2c(=O)[nH]1. The van der Waals surface area contributed by atoms with Gasteiger partial charge in [0.1, 0.15) is 10.7 Å². The Balaban J connectivity index is 1.42. The van der Waals surface area contributed by atoms with Crippen molar-refractivity contribution in [2.45, 2.75) is 46.2 Å². The molecule has 6 nitrogen and oxygen atoms in total. The summed E-state index contributed by atoms with van der Waals surface area (Å²) in [6.07, 6.45) is 1.23. The van der Waals surface area contributed by atoms with E-state index >= 15 is 0 Å². The van der Waals surface area contributed by atoms with Crippen molar-refractivity contribution in [3.05, 3.63) is 62.0 Å². The highest BCUT2D eigenvalue weighted by Gasteiger charge is 2.30. The second kappa shape index (κ2) is 8.08. The van der Waals surface area contributed by atoms with E-state index in [2.05, 4.69) is 39.2 Å². The molecule has 3 aromatic rings. The molecule has 1 aliphatic rings. The van der Waals surface area contributed by atoms with Gasteiger partial charge in [-0.15, -0.1) is 11.3 Å². The minimum atomic E-state index is -0.160. The van der Waals surface area contributed by atoms with Crippen molar-refractivity contribution in [3.63, 3.8) is 0 Å². The van der Waals surface area contributed by atoms with Gasteiger partial charge < -0.3 is 10.3 Å². The normalized spacial score (nSPS) is 16.7. The Bertz CT molecular complexity index is 1120. The monoisotopic (exact) mass is 410 g/mol. The molecule has 7 heteroatoms. The van der Waals surface area contributed by atoms with Crippen molar-refractivity contribution >= 4 is 27.5 Å². The van der Waals surface area contributed by atoms with Crippen molar-refractivity contribution in [1.29, 1.82) is 0 Å². The molecule has 2 N–H and O–H groups in total. The Kier molecular flexibility index (Phi) is 5.52. The molecule has 0 fully saturated rings. The van der Waals surface area contributed by atoms with Crippen LogP contribution in [0.15, 0.2) is 29.1 Å². The van der Waals surface area contributed by atoms with Gasteiger partial charge in [0, 0.05) is 24.4 Å². The Morgan fingerprint density at radius 1 is 1.31 bits per heavy atom. The molecule has 0 bridgehead atoms. The number of hydrogen-bond acceptors (Lipinski definition) is 5. The van der Waals surface area contributed by atoms with Gasteiger partial charge >= 0.3 is 0 Å². The largest absolute Gasteiger partial charge is 0.354 e. The molecule has 152 valence electrons. The van der Waals surface area contributed by atoms with Crippen LogP contribution in [0, 0.1) is 13.8 Å². The summed E-state index contributed by atoms with van der Waals surface area (Å²) in [5, 5.41) is 3.72. The number of nitrogens with one attached hydrogen (secondary N) is 2. The van der Waals surface area contributed by atoms with Crippen molar-refractivity contribution in [1.82, 2.24) is 20.2 Å². The molecule has 0 saturated heterocycles. The highest BCUT2D eigenvalue weighted by molar-refractivity contribution is 7.18. The third-order valence-corrected chi connectivity index (χ3v) is 6.90. The number of rotatable bonds is 5. The van der Waals surface area contributed by atoms with Crippen LogP contribution in [-0.4, -0.2) is 39.9 Å². The van der Waals surface area contributed by atoms with Crippen LogP contribution in [0.5, 0.6) is 0 Å². The van der Waals surface area contributed by atoms with Crippen LogP contribution in [0.3, 0.4) is 0 Å². The van der Waals surface area contributed by atoms with Gasteiger partial charge in [0.05, 0.1) is 11.4 Å². The molecule has 1 aromatic carbocycles. The Morgan fingerprint density at radius 3 is 2.83 bits per heavy atom. The predicted molar refractivity (Wildman–Crippen MR) is 116 cm³/mol. The standard InChI is InChI=1S/C22H26N4O2S/c1-4-26-12-16-8-6-5-7-15(16)11-17(26)20(27)23-10-9-18-24-21(28)19-13(2)14(3)29-22(19)25-18/h5-8,17H,4,9-12H2,1-3H3,(H,23,27)(H,24,25,28). The number of amides is 1. The molecule has 3 heterocycles. The van der Waals surface area contributed by atoms with Gasteiger partial charge in [-0.25, -0.2) is 4.98 Å². The number of likely N-dealkylation sites (N-methyl/N-ethyl adjacent to an activating group) is 1. The topological polar surface area (TPSA) is 78.1 Å². The van der Waals surface area contributed by atoms with Crippen molar-refractivity contribution in [2.24, 2.45) is 0 Å². The molecule has 0 radical (unpaired) electrons. The summed E-state index contributed by atoms with van der Waals surface area (Å²) in [6.45, 7) is 8.12. The number of carbonyl (C=O) groups excluding carboxylic acids is 1. The van der Waals surface area contributed by atoms with Gasteiger partial charge in [0.2, 0.25) is 5.91 Å². The first kappa shape index (κ1) is 19.8. The van der Waals surface area contributed by atoms with Crippen LogP contribution in [0.2, 0.25) is 0 Å². The molecular weight excluding hydrogens is 384 g/mol. The van der Waals surface area contributed by atoms with Gasteiger partial charge in [0.25, 0.3) is 5.56 Å². The zero-order valence-corrected chi connectivity index (χ0v) is 17.9. The van der Waals surface area contributed by atoms with Crippen LogP contribution < -0.4 is 10.9 Å². The van der Waals surface area contributed by atoms with E-state index < -0.39 is 0 Å². The summed E-state index contributed by atoms with van der Waals surface area (Å²) < 4.78 is 0. The molecule has 29 heavy (non-hydrogen) atoms. The molecular formula is C22H26N4O2S. The number of aryl methyl sites for hydroxylation is 2. The summed E-state index contributed by atoms with van der Waals surface area (Å²) in [4.78, 5) is 36.8. The lowest BCUT2D eigenvalue weighted by Gasteiger charge is -2.35. The molecule has 4 rings (SSSR count). The lowest BCUT2D eigenvalue weighted by Crippen LogP contribution is -2.50. The lowest BCUT2D eigenvalue weighted by molar-refractivity contribution is -0.126. The fraction of sp³-hybridized carbons (Fsp3) is 0.409. The summed E-state index contributed by atoms with van der Waals surface area (Å²) >= 11 is 1.54.